The molecule has 4 heteroatoms. The van der Waals surface area contributed by atoms with Crippen LogP contribution < -0.4 is 11.1 Å². The molecule has 0 saturated heterocycles. The van der Waals surface area contributed by atoms with Gasteiger partial charge in [0.15, 0.2) is 5.96 Å². The largest absolute Gasteiger partial charge is 0.382 e. The van der Waals surface area contributed by atoms with Crippen LogP contribution in [0.2, 0.25) is 0 Å². The molecule has 0 aliphatic rings. The third kappa shape index (κ3) is 11.2. The van der Waals surface area contributed by atoms with Crippen LogP contribution in [0.1, 0.15) is 40.5 Å². The Morgan fingerprint density at radius 1 is 1.33 bits per heavy atom. The molecular formula is C11H25N3O. The van der Waals surface area contributed by atoms with E-state index in [1.54, 1.807) is 0 Å². The molecule has 3 N–H and O–H groups in total. The van der Waals surface area contributed by atoms with Gasteiger partial charge in [-0.2, -0.15) is 0 Å². The summed E-state index contributed by atoms with van der Waals surface area (Å²) in [5.74, 6) is 0.527. The maximum absolute atomic E-state index is 5.71. The summed E-state index contributed by atoms with van der Waals surface area (Å²) >= 11 is 0. The maximum Gasteiger partial charge on any atom is 0.188 e. The fourth-order valence-corrected chi connectivity index (χ4v) is 1.08. The Labute approximate surface area is 93.3 Å². The number of guanidine groups is 1. The first-order valence-electron chi connectivity index (χ1n) is 5.61. The zero-order chi connectivity index (χ0) is 11.7. The predicted octanol–water partition coefficient (Wildman–Crippen LogP) is 1.51. The molecule has 4 nitrogen and oxygen atoms in total. The highest BCUT2D eigenvalue weighted by atomic mass is 16.5. The highest BCUT2D eigenvalue weighted by Crippen LogP contribution is 1.97. The van der Waals surface area contributed by atoms with E-state index in [0.29, 0.717) is 5.96 Å². The van der Waals surface area contributed by atoms with Gasteiger partial charge in [-0.3, -0.25) is 4.99 Å². The molecule has 15 heavy (non-hydrogen) atoms. The summed E-state index contributed by atoms with van der Waals surface area (Å²) in [5.41, 5.74) is 5.69. The molecule has 90 valence electrons. The van der Waals surface area contributed by atoms with Crippen molar-refractivity contribution >= 4 is 5.96 Å². The summed E-state index contributed by atoms with van der Waals surface area (Å²) < 4.78 is 5.23. The van der Waals surface area contributed by atoms with Crippen molar-refractivity contribution in [3.8, 4) is 0 Å². The Hall–Kier alpha value is -0.770. The van der Waals surface area contributed by atoms with Gasteiger partial charge in [0.25, 0.3) is 0 Å². The Balaban J connectivity index is 3.50. The quantitative estimate of drug-likeness (QED) is 0.401. The van der Waals surface area contributed by atoms with Crippen molar-refractivity contribution in [2.75, 3.05) is 19.8 Å². The molecule has 0 amide bonds. The standard InChI is InChI=1S/C11H25N3O/c1-5-15-9-7-6-8-13-10(12)14-11(2,3)4/h5-9H2,1-4H3,(H3,12,13,14). The molecule has 0 unspecified atom stereocenters. The van der Waals surface area contributed by atoms with E-state index in [4.69, 9.17) is 10.5 Å². The summed E-state index contributed by atoms with van der Waals surface area (Å²) in [6.45, 7) is 10.6. The van der Waals surface area contributed by atoms with E-state index in [9.17, 15) is 0 Å². The van der Waals surface area contributed by atoms with Crippen molar-refractivity contribution in [2.24, 2.45) is 10.7 Å². The first kappa shape index (κ1) is 14.2. The van der Waals surface area contributed by atoms with Gasteiger partial charge in [-0.25, -0.2) is 0 Å². The zero-order valence-electron chi connectivity index (χ0n) is 10.5. The minimum atomic E-state index is -0.0150. The first-order valence-corrected chi connectivity index (χ1v) is 5.61. The van der Waals surface area contributed by atoms with Gasteiger partial charge in [0.05, 0.1) is 0 Å². The Kier molecular flexibility index (Phi) is 7.13. The van der Waals surface area contributed by atoms with Crippen LogP contribution in [0, 0.1) is 0 Å². The molecule has 0 aromatic rings. The first-order chi connectivity index (χ1) is 6.95. The highest BCUT2D eigenvalue weighted by Gasteiger charge is 2.09. The third-order valence-corrected chi connectivity index (χ3v) is 1.69. The molecule has 0 spiro atoms. The van der Waals surface area contributed by atoms with Crippen molar-refractivity contribution in [3.05, 3.63) is 0 Å². The molecule has 0 fully saturated rings. The highest BCUT2D eigenvalue weighted by molar-refractivity contribution is 5.78. The van der Waals surface area contributed by atoms with Crippen LogP contribution in [0.25, 0.3) is 0 Å². The van der Waals surface area contributed by atoms with Crippen LogP contribution in [-0.2, 0) is 4.74 Å². The van der Waals surface area contributed by atoms with Crippen molar-refractivity contribution in [1.29, 1.82) is 0 Å². The topological polar surface area (TPSA) is 59.6 Å². The summed E-state index contributed by atoms with van der Waals surface area (Å²) in [6, 6.07) is 0. The molecule has 0 heterocycles. The summed E-state index contributed by atoms with van der Waals surface area (Å²) in [5, 5.41) is 3.12. The average molecular weight is 215 g/mol. The number of rotatable bonds is 6. The zero-order valence-corrected chi connectivity index (χ0v) is 10.5. The van der Waals surface area contributed by atoms with Crippen LogP contribution in [-0.4, -0.2) is 31.3 Å². The van der Waals surface area contributed by atoms with Crippen LogP contribution in [0.5, 0.6) is 0 Å². The monoisotopic (exact) mass is 215 g/mol. The molecule has 0 saturated carbocycles. The van der Waals surface area contributed by atoms with E-state index in [-0.39, 0.29) is 5.54 Å². The minimum absolute atomic E-state index is 0.0150. The molecule has 0 rings (SSSR count). The van der Waals surface area contributed by atoms with Crippen LogP contribution in [0.15, 0.2) is 4.99 Å². The number of nitrogens with one attached hydrogen (secondary N) is 1. The van der Waals surface area contributed by atoms with Crippen molar-refractivity contribution in [1.82, 2.24) is 5.32 Å². The number of unbranched alkanes of at least 4 members (excludes halogenated alkanes) is 1. The second-order valence-corrected chi connectivity index (χ2v) is 4.55. The summed E-state index contributed by atoms with van der Waals surface area (Å²) in [4.78, 5) is 4.23. The van der Waals surface area contributed by atoms with Gasteiger partial charge in [-0.1, -0.05) is 0 Å². The molecule has 0 aliphatic carbocycles. The molecule has 0 atom stereocenters. The van der Waals surface area contributed by atoms with Gasteiger partial charge >= 0.3 is 0 Å². The second kappa shape index (κ2) is 7.51. The average Bonchev–Trinajstić information content (AvgIpc) is 2.08. The van der Waals surface area contributed by atoms with E-state index in [0.717, 1.165) is 32.6 Å². The van der Waals surface area contributed by atoms with Gasteiger partial charge in [0.1, 0.15) is 0 Å². The van der Waals surface area contributed by atoms with Crippen LogP contribution in [0.3, 0.4) is 0 Å². The fourth-order valence-electron chi connectivity index (χ4n) is 1.08. The molecule has 0 aromatic heterocycles. The van der Waals surface area contributed by atoms with E-state index in [2.05, 4.69) is 31.1 Å². The van der Waals surface area contributed by atoms with Gasteiger partial charge < -0.3 is 15.8 Å². The molecular weight excluding hydrogens is 190 g/mol. The van der Waals surface area contributed by atoms with Crippen LogP contribution in [0.4, 0.5) is 0 Å². The smallest absolute Gasteiger partial charge is 0.188 e. The Bertz CT molecular complexity index is 185. The van der Waals surface area contributed by atoms with E-state index in [1.165, 1.54) is 0 Å². The Morgan fingerprint density at radius 2 is 2.00 bits per heavy atom. The second-order valence-electron chi connectivity index (χ2n) is 4.55. The van der Waals surface area contributed by atoms with Gasteiger partial charge in [0.2, 0.25) is 0 Å². The molecule has 0 bridgehead atoms. The van der Waals surface area contributed by atoms with Crippen molar-refractivity contribution in [2.45, 2.75) is 46.1 Å². The SMILES string of the molecule is CCOCCCCN=C(N)NC(C)(C)C. The lowest BCUT2D eigenvalue weighted by Gasteiger charge is -2.20. The summed E-state index contributed by atoms with van der Waals surface area (Å²) in [7, 11) is 0. The molecule has 0 aromatic carbocycles. The van der Waals surface area contributed by atoms with E-state index in [1.807, 2.05) is 6.92 Å². The van der Waals surface area contributed by atoms with E-state index < -0.39 is 0 Å². The fraction of sp³-hybridized carbons (Fsp3) is 0.909. The number of hydrogen-bond acceptors (Lipinski definition) is 2. The van der Waals surface area contributed by atoms with Gasteiger partial charge in [-0.15, -0.1) is 0 Å². The number of hydrogen-bond donors (Lipinski definition) is 2. The molecule has 0 aliphatic heterocycles. The van der Waals surface area contributed by atoms with E-state index >= 15 is 0 Å². The number of ether oxygens (including phenoxy) is 1. The lowest BCUT2D eigenvalue weighted by atomic mass is 10.1. The van der Waals surface area contributed by atoms with Crippen LogP contribution >= 0.6 is 0 Å². The Morgan fingerprint density at radius 3 is 2.53 bits per heavy atom. The lowest BCUT2D eigenvalue weighted by Crippen LogP contribution is -2.45. The number of aliphatic imine (C=N–C) groups is 1. The van der Waals surface area contributed by atoms with Gasteiger partial charge in [0, 0.05) is 25.3 Å². The third-order valence-electron chi connectivity index (χ3n) is 1.69. The molecule has 0 radical (unpaired) electrons. The number of nitrogens with zero attached hydrogens (tertiary/aromatic N) is 1. The normalized spacial score (nSPS) is 12.9. The maximum atomic E-state index is 5.71. The van der Waals surface area contributed by atoms with Gasteiger partial charge in [-0.05, 0) is 40.5 Å². The number of nitrogens with two attached hydrogens (primary N) is 1. The lowest BCUT2D eigenvalue weighted by molar-refractivity contribution is 0.144. The van der Waals surface area contributed by atoms with Crippen molar-refractivity contribution in [3.63, 3.8) is 0 Å². The van der Waals surface area contributed by atoms with Crippen molar-refractivity contribution < 1.29 is 4.74 Å². The predicted molar refractivity (Wildman–Crippen MR) is 65.1 cm³/mol. The minimum Gasteiger partial charge on any atom is -0.382 e. The summed E-state index contributed by atoms with van der Waals surface area (Å²) in [6.07, 6.45) is 2.06.